The Kier molecular flexibility index (Phi) is 6.56. The highest BCUT2D eigenvalue weighted by Crippen LogP contribution is 2.39. The van der Waals surface area contributed by atoms with Gasteiger partial charge < -0.3 is 19.1 Å². The van der Waals surface area contributed by atoms with E-state index in [1.165, 1.54) is 5.56 Å². The molecule has 1 aromatic rings. The van der Waals surface area contributed by atoms with Crippen molar-refractivity contribution in [2.75, 3.05) is 19.8 Å². The summed E-state index contributed by atoms with van der Waals surface area (Å²) in [5.41, 5.74) is 0.695. The molecule has 0 N–H and O–H groups in total. The van der Waals surface area contributed by atoms with Crippen LogP contribution in [0.4, 0.5) is 0 Å². The number of hydrogen-bond donors (Lipinski definition) is 0. The van der Waals surface area contributed by atoms with Gasteiger partial charge in [-0.05, 0) is 76.3 Å². The van der Waals surface area contributed by atoms with Crippen LogP contribution in [0.5, 0.6) is 5.75 Å². The van der Waals surface area contributed by atoms with Gasteiger partial charge in [0.15, 0.2) is 6.61 Å². The van der Waals surface area contributed by atoms with Crippen LogP contribution in [0.3, 0.4) is 0 Å². The van der Waals surface area contributed by atoms with Crippen LogP contribution < -0.4 is 4.74 Å². The quantitative estimate of drug-likeness (QED) is 0.663. The number of esters is 1. The number of benzene rings is 1. The van der Waals surface area contributed by atoms with Crippen molar-refractivity contribution in [3.8, 4) is 5.75 Å². The maximum Gasteiger partial charge on any atom is 0.306 e. The normalized spacial score (nSPS) is 29.1. The van der Waals surface area contributed by atoms with E-state index in [4.69, 9.17) is 14.2 Å². The maximum absolute atomic E-state index is 13.1. The summed E-state index contributed by atoms with van der Waals surface area (Å²) in [5.74, 6) is 1.07. The van der Waals surface area contributed by atoms with Crippen molar-refractivity contribution in [1.29, 1.82) is 0 Å². The van der Waals surface area contributed by atoms with E-state index in [9.17, 15) is 9.59 Å². The summed E-state index contributed by atoms with van der Waals surface area (Å²) in [6.07, 6.45) is 5.45. The van der Waals surface area contributed by atoms with E-state index in [0.717, 1.165) is 37.9 Å². The molecule has 2 atom stereocenters. The molecule has 1 amide bonds. The Morgan fingerprint density at radius 2 is 1.87 bits per heavy atom. The third-order valence-electron chi connectivity index (χ3n) is 6.74. The van der Waals surface area contributed by atoms with Crippen LogP contribution in [0.25, 0.3) is 0 Å². The summed E-state index contributed by atoms with van der Waals surface area (Å²) in [6, 6.07) is 7.99. The zero-order valence-corrected chi connectivity index (χ0v) is 19.0. The molecule has 6 nitrogen and oxygen atoms in total. The maximum atomic E-state index is 13.1. The summed E-state index contributed by atoms with van der Waals surface area (Å²) in [7, 11) is 0. The number of carbonyl (C=O) groups excluding carboxylic acids is 2. The number of rotatable bonds is 2. The largest absolute Gasteiger partial charge is 0.483 e. The minimum absolute atomic E-state index is 0.0167. The van der Waals surface area contributed by atoms with Gasteiger partial charge >= 0.3 is 5.97 Å². The van der Waals surface area contributed by atoms with Crippen LogP contribution in [0, 0.1) is 5.92 Å². The molecule has 0 spiro atoms. The number of nitrogens with zero attached hydrogens (tertiary/aromatic N) is 1. The third kappa shape index (κ3) is 5.40. The average molecular weight is 430 g/mol. The van der Waals surface area contributed by atoms with Gasteiger partial charge in [0.05, 0.1) is 25.2 Å². The Morgan fingerprint density at radius 1 is 1.13 bits per heavy atom. The fourth-order valence-corrected chi connectivity index (χ4v) is 5.24. The van der Waals surface area contributed by atoms with Crippen molar-refractivity contribution in [2.45, 2.75) is 83.0 Å². The van der Waals surface area contributed by atoms with E-state index in [2.05, 4.69) is 6.07 Å². The van der Waals surface area contributed by atoms with E-state index in [0.29, 0.717) is 25.5 Å². The number of para-hydroxylation sites is 1. The number of hydrogen-bond acceptors (Lipinski definition) is 5. The number of fused-ring (bicyclic) bond motifs is 5. The fraction of sp³-hybridized carbons (Fsp3) is 0.680. The second-order valence-electron chi connectivity index (χ2n) is 10.1. The third-order valence-corrected chi connectivity index (χ3v) is 6.74. The molecule has 170 valence electrons. The summed E-state index contributed by atoms with van der Waals surface area (Å²) in [5, 5.41) is 0. The van der Waals surface area contributed by atoms with Crippen LogP contribution >= 0.6 is 0 Å². The molecule has 3 heterocycles. The molecule has 0 aromatic heterocycles. The Morgan fingerprint density at radius 3 is 2.61 bits per heavy atom. The van der Waals surface area contributed by atoms with Crippen molar-refractivity contribution in [3.05, 3.63) is 29.8 Å². The molecule has 1 aliphatic carbocycles. The van der Waals surface area contributed by atoms with Crippen LogP contribution in [0.1, 0.15) is 70.8 Å². The van der Waals surface area contributed by atoms with Gasteiger partial charge in [0, 0.05) is 6.54 Å². The molecule has 31 heavy (non-hydrogen) atoms. The highest BCUT2D eigenvalue weighted by Gasteiger charge is 2.40. The molecule has 3 aliphatic heterocycles. The van der Waals surface area contributed by atoms with Gasteiger partial charge in [0.1, 0.15) is 11.4 Å². The van der Waals surface area contributed by atoms with E-state index in [1.54, 1.807) is 0 Å². The zero-order chi connectivity index (χ0) is 22.0. The molecule has 0 radical (unpaired) electrons. The lowest BCUT2D eigenvalue weighted by molar-refractivity contribution is -0.157. The lowest BCUT2D eigenvalue weighted by Gasteiger charge is -2.32. The first-order valence-corrected chi connectivity index (χ1v) is 11.6. The molecule has 6 heteroatoms. The van der Waals surface area contributed by atoms with E-state index < -0.39 is 5.60 Å². The molecule has 1 saturated carbocycles. The number of ether oxygens (including phenoxy) is 3. The molecule has 4 aliphatic rings. The molecule has 1 aromatic carbocycles. The molecule has 1 saturated heterocycles. The summed E-state index contributed by atoms with van der Waals surface area (Å²) in [6.45, 7) is 6.75. The van der Waals surface area contributed by atoms with Gasteiger partial charge in [0.25, 0.3) is 5.91 Å². The average Bonchev–Trinajstić information content (AvgIpc) is 3.12. The Bertz CT molecular complexity index is 793. The number of carbonyl (C=O) groups is 2. The van der Waals surface area contributed by atoms with E-state index >= 15 is 0 Å². The smallest absolute Gasteiger partial charge is 0.306 e. The zero-order valence-electron chi connectivity index (χ0n) is 19.0. The monoisotopic (exact) mass is 429 g/mol. The van der Waals surface area contributed by atoms with Crippen molar-refractivity contribution < 1.29 is 23.8 Å². The molecule has 5 rings (SSSR count). The second-order valence-corrected chi connectivity index (χ2v) is 10.1. The first kappa shape index (κ1) is 22.1. The Hall–Kier alpha value is -2.08. The van der Waals surface area contributed by atoms with Crippen molar-refractivity contribution >= 4 is 11.9 Å². The topological polar surface area (TPSA) is 65.1 Å². The number of amides is 1. The van der Waals surface area contributed by atoms with Gasteiger partial charge in [-0.2, -0.15) is 0 Å². The standard InChI is InChI=1S/C25H35NO5/c1-25(2,3)31-24(28)14-18-12-13-26-21(18)15-29-19-10-8-17(9-11-19)20-6-4-5-7-22(20)30-16-23(26)27/h4-7,17-19,21H,8-16H2,1-3H3/t17?,18-,19?,21+/m1/s1. The van der Waals surface area contributed by atoms with Crippen LogP contribution in [-0.4, -0.2) is 54.3 Å². The van der Waals surface area contributed by atoms with Crippen LogP contribution in [-0.2, 0) is 19.1 Å². The van der Waals surface area contributed by atoms with Gasteiger partial charge in [-0.1, -0.05) is 18.2 Å². The van der Waals surface area contributed by atoms with Crippen molar-refractivity contribution in [1.82, 2.24) is 4.90 Å². The minimum atomic E-state index is -0.508. The SMILES string of the molecule is CC(C)(C)OC(=O)C[C@H]1CCN2C(=O)COc3ccccc3C3CCC(CC3)OC[C@@H]12. The molecule has 2 bridgehead atoms. The molecular formula is C25H35NO5. The van der Waals surface area contributed by atoms with Crippen LogP contribution in [0.2, 0.25) is 0 Å². The first-order valence-electron chi connectivity index (χ1n) is 11.6. The molecule has 0 unspecified atom stereocenters. The van der Waals surface area contributed by atoms with Gasteiger partial charge in [-0.3, -0.25) is 9.59 Å². The lowest BCUT2D eigenvalue weighted by atomic mass is 9.82. The van der Waals surface area contributed by atoms with Crippen LogP contribution in [0.15, 0.2) is 24.3 Å². The molecule has 2 fully saturated rings. The summed E-state index contributed by atoms with van der Waals surface area (Å²) in [4.78, 5) is 27.4. The van der Waals surface area contributed by atoms with Crippen molar-refractivity contribution in [3.63, 3.8) is 0 Å². The molecular weight excluding hydrogens is 394 g/mol. The predicted octanol–water partition coefficient (Wildman–Crippen LogP) is 4.07. The second kappa shape index (κ2) is 9.19. The highest BCUT2D eigenvalue weighted by molar-refractivity contribution is 5.79. The van der Waals surface area contributed by atoms with Gasteiger partial charge in [-0.25, -0.2) is 0 Å². The highest BCUT2D eigenvalue weighted by atomic mass is 16.6. The minimum Gasteiger partial charge on any atom is -0.483 e. The van der Waals surface area contributed by atoms with Crippen molar-refractivity contribution in [2.24, 2.45) is 5.92 Å². The first-order chi connectivity index (χ1) is 14.8. The Balaban J connectivity index is 1.51. The van der Waals surface area contributed by atoms with E-state index in [1.807, 2.05) is 43.9 Å². The summed E-state index contributed by atoms with van der Waals surface area (Å²) >= 11 is 0. The fourth-order valence-electron chi connectivity index (χ4n) is 5.24. The Labute approximate surface area is 185 Å². The van der Waals surface area contributed by atoms with E-state index in [-0.39, 0.29) is 36.5 Å². The predicted molar refractivity (Wildman–Crippen MR) is 117 cm³/mol. The van der Waals surface area contributed by atoms with Gasteiger partial charge in [-0.15, -0.1) is 0 Å². The lowest BCUT2D eigenvalue weighted by Crippen LogP contribution is -2.44. The van der Waals surface area contributed by atoms with Gasteiger partial charge in [0.2, 0.25) is 0 Å². The summed E-state index contributed by atoms with van der Waals surface area (Å²) < 4.78 is 17.9.